The van der Waals surface area contributed by atoms with Crippen molar-refractivity contribution in [3.8, 4) is 11.5 Å². The minimum atomic E-state index is -4.26. The normalized spacial score (nSPS) is 11.1. The van der Waals surface area contributed by atoms with Gasteiger partial charge in [0, 0.05) is 9.79 Å². The molecule has 0 aliphatic rings. The van der Waals surface area contributed by atoms with Gasteiger partial charge in [-0.2, -0.15) is 0 Å². The van der Waals surface area contributed by atoms with E-state index in [0.29, 0.717) is 11.4 Å². The zero-order valence-electron chi connectivity index (χ0n) is 21.6. The molecule has 1 N–H and O–H groups in total. The number of benzene rings is 4. The molecule has 4 aromatic carbocycles. The smallest absolute Gasteiger partial charge is 0.268 e. The average molecular weight is 583 g/mol. The highest BCUT2D eigenvalue weighted by Gasteiger charge is 2.31. The van der Waals surface area contributed by atoms with Gasteiger partial charge < -0.3 is 14.8 Å². The monoisotopic (exact) mass is 582 g/mol. The molecule has 202 valence electrons. The molecule has 0 fully saturated rings. The molecular weight excluding hydrogens is 556 g/mol. The van der Waals surface area contributed by atoms with Gasteiger partial charge in [0.1, 0.15) is 22.9 Å². The number of hydrogen-bond acceptors (Lipinski definition) is 6. The van der Waals surface area contributed by atoms with Gasteiger partial charge in [0.05, 0.1) is 30.6 Å². The second-order valence-electron chi connectivity index (χ2n) is 8.44. The Morgan fingerprint density at radius 1 is 0.897 bits per heavy atom. The number of sulfonamides is 1. The van der Waals surface area contributed by atoms with Gasteiger partial charge in [-0.05, 0) is 67.1 Å². The molecule has 39 heavy (non-hydrogen) atoms. The number of nitrogens with one attached hydrogen (secondary N) is 1. The molecule has 0 aliphatic heterocycles. The Kier molecular flexibility index (Phi) is 9.06. The van der Waals surface area contributed by atoms with Crippen LogP contribution in [0.1, 0.15) is 5.56 Å². The highest BCUT2D eigenvalue weighted by molar-refractivity contribution is 7.99. The number of anilines is 2. The fourth-order valence-corrected chi connectivity index (χ4v) is 6.66. The lowest BCUT2D eigenvalue weighted by Crippen LogP contribution is -2.38. The zero-order valence-corrected chi connectivity index (χ0v) is 23.9. The van der Waals surface area contributed by atoms with E-state index in [-0.39, 0.29) is 21.4 Å². The molecule has 0 aromatic heterocycles. The van der Waals surface area contributed by atoms with Gasteiger partial charge in [-0.15, -0.1) is 0 Å². The van der Waals surface area contributed by atoms with Crippen molar-refractivity contribution < 1.29 is 22.7 Å². The minimum Gasteiger partial charge on any atom is -0.495 e. The van der Waals surface area contributed by atoms with E-state index in [0.717, 1.165) is 19.7 Å². The molecule has 4 rings (SSSR count). The van der Waals surface area contributed by atoms with Gasteiger partial charge in [0.2, 0.25) is 5.91 Å². The van der Waals surface area contributed by atoms with Crippen LogP contribution in [0.2, 0.25) is 5.02 Å². The summed E-state index contributed by atoms with van der Waals surface area (Å²) in [5.74, 6) is 0.00990. The van der Waals surface area contributed by atoms with Crippen molar-refractivity contribution in [1.29, 1.82) is 0 Å². The maximum absolute atomic E-state index is 14.0. The van der Waals surface area contributed by atoms with E-state index in [9.17, 15) is 13.2 Å². The summed E-state index contributed by atoms with van der Waals surface area (Å²) in [6.45, 7) is 1.27. The van der Waals surface area contributed by atoms with Crippen molar-refractivity contribution in [2.24, 2.45) is 0 Å². The number of ether oxygens (including phenoxy) is 2. The molecule has 0 unspecified atom stereocenters. The number of nitrogens with zero attached hydrogens (tertiary/aromatic N) is 1. The van der Waals surface area contributed by atoms with E-state index < -0.39 is 22.5 Å². The number of methoxy groups -OCH3 is 2. The molecule has 10 heteroatoms. The molecule has 0 saturated carbocycles. The number of rotatable bonds is 10. The summed E-state index contributed by atoms with van der Waals surface area (Å²) >= 11 is 7.84. The van der Waals surface area contributed by atoms with Crippen molar-refractivity contribution in [2.45, 2.75) is 21.6 Å². The van der Waals surface area contributed by atoms with Gasteiger partial charge in [-0.25, -0.2) is 8.42 Å². The Labute approximate surface area is 237 Å². The number of hydrogen-bond donors (Lipinski definition) is 1. The number of para-hydroxylation sites is 1. The molecule has 7 nitrogen and oxygen atoms in total. The lowest BCUT2D eigenvalue weighted by Gasteiger charge is -2.26. The molecule has 0 atom stereocenters. The van der Waals surface area contributed by atoms with Crippen LogP contribution in [0.4, 0.5) is 11.4 Å². The summed E-state index contributed by atoms with van der Waals surface area (Å²) in [7, 11) is -1.40. The van der Waals surface area contributed by atoms with Crippen molar-refractivity contribution in [1.82, 2.24) is 0 Å². The Bertz CT molecular complexity index is 1580. The molecular formula is C29H27ClN2O5S2. The van der Waals surface area contributed by atoms with E-state index in [1.807, 2.05) is 42.5 Å². The lowest BCUT2D eigenvalue weighted by molar-refractivity contribution is -0.114. The highest BCUT2D eigenvalue weighted by atomic mass is 35.5. The summed E-state index contributed by atoms with van der Waals surface area (Å²) in [5.41, 5.74) is 1.49. The van der Waals surface area contributed by atoms with Gasteiger partial charge >= 0.3 is 0 Å². The van der Waals surface area contributed by atoms with Crippen LogP contribution >= 0.6 is 23.4 Å². The van der Waals surface area contributed by atoms with Crippen LogP contribution < -0.4 is 19.1 Å². The number of aryl methyl sites for hydroxylation is 1. The summed E-state index contributed by atoms with van der Waals surface area (Å²) in [4.78, 5) is 15.1. The fraction of sp³-hybridized carbons (Fsp3) is 0.138. The van der Waals surface area contributed by atoms with Gasteiger partial charge in [-0.1, -0.05) is 59.8 Å². The quantitative estimate of drug-likeness (QED) is 0.225. The van der Waals surface area contributed by atoms with Crippen LogP contribution in [0.15, 0.2) is 106 Å². The summed E-state index contributed by atoms with van der Waals surface area (Å²) < 4.78 is 39.6. The Hall–Kier alpha value is -3.66. The molecule has 0 saturated heterocycles. The van der Waals surface area contributed by atoms with E-state index in [1.165, 1.54) is 44.2 Å². The third-order valence-electron chi connectivity index (χ3n) is 5.73. The predicted molar refractivity (Wildman–Crippen MR) is 156 cm³/mol. The van der Waals surface area contributed by atoms with Crippen LogP contribution in [-0.2, 0) is 14.8 Å². The van der Waals surface area contributed by atoms with Crippen LogP contribution in [-0.4, -0.2) is 35.1 Å². The first-order chi connectivity index (χ1) is 18.7. The summed E-state index contributed by atoms with van der Waals surface area (Å²) in [6.07, 6.45) is 0. The molecule has 0 radical (unpaired) electrons. The summed E-state index contributed by atoms with van der Waals surface area (Å²) in [6, 6.07) is 26.5. The van der Waals surface area contributed by atoms with Crippen LogP contribution in [0.25, 0.3) is 0 Å². The third kappa shape index (κ3) is 6.68. The summed E-state index contributed by atoms with van der Waals surface area (Å²) in [5, 5.41) is 3.08. The average Bonchev–Trinajstić information content (AvgIpc) is 2.93. The highest BCUT2D eigenvalue weighted by Crippen LogP contribution is 2.36. The minimum absolute atomic E-state index is 0.0650. The lowest BCUT2D eigenvalue weighted by atomic mass is 10.2. The van der Waals surface area contributed by atoms with E-state index in [1.54, 1.807) is 37.3 Å². The molecule has 1 amide bonds. The van der Waals surface area contributed by atoms with Crippen molar-refractivity contribution >= 4 is 50.7 Å². The van der Waals surface area contributed by atoms with Gasteiger partial charge in [0.15, 0.2) is 0 Å². The number of amides is 1. The van der Waals surface area contributed by atoms with Crippen LogP contribution in [0.5, 0.6) is 11.5 Å². The first-order valence-corrected chi connectivity index (χ1v) is 14.5. The topological polar surface area (TPSA) is 84.9 Å². The predicted octanol–water partition coefficient (Wildman–Crippen LogP) is 6.65. The van der Waals surface area contributed by atoms with Crippen molar-refractivity contribution in [2.75, 3.05) is 30.4 Å². The van der Waals surface area contributed by atoms with E-state index >= 15 is 0 Å². The molecule has 0 heterocycles. The maximum Gasteiger partial charge on any atom is 0.268 e. The zero-order chi connectivity index (χ0) is 28.0. The van der Waals surface area contributed by atoms with Crippen molar-refractivity contribution in [3.63, 3.8) is 0 Å². The maximum atomic E-state index is 14.0. The van der Waals surface area contributed by atoms with Crippen LogP contribution in [0, 0.1) is 6.92 Å². The van der Waals surface area contributed by atoms with E-state index in [4.69, 9.17) is 21.1 Å². The van der Waals surface area contributed by atoms with E-state index in [2.05, 4.69) is 5.32 Å². The fourth-order valence-electron chi connectivity index (χ4n) is 3.82. The first-order valence-electron chi connectivity index (χ1n) is 11.9. The largest absolute Gasteiger partial charge is 0.495 e. The number of carbonyl (C=O) groups excluding carboxylic acids is 1. The van der Waals surface area contributed by atoms with Crippen molar-refractivity contribution in [3.05, 3.63) is 102 Å². The van der Waals surface area contributed by atoms with Gasteiger partial charge in [0.25, 0.3) is 10.0 Å². The molecule has 0 spiro atoms. The first kappa shape index (κ1) is 28.4. The Morgan fingerprint density at radius 3 is 2.26 bits per heavy atom. The second-order valence-corrected chi connectivity index (χ2v) is 11.8. The molecule has 4 aromatic rings. The van der Waals surface area contributed by atoms with Crippen LogP contribution in [0.3, 0.4) is 0 Å². The Morgan fingerprint density at radius 2 is 1.56 bits per heavy atom. The second kappa shape index (κ2) is 12.5. The SMILES string of the molecule is COc1ccc(N(CC(=O)Nc2ccccc2Sc2ccccc2)S(=O)(=O)c2cc(C)ccc2OC)cc1Cl. The number of halogens is 1. The number of carbonyl (C=O) groups is 1. The molecule has 0 aliphatic carbocycles. The third-order valence-corrected chi connectivity index (χ3v) is 8.90. The van der Waals surface area contributed by atoms with Gasteiger partial charge in [-0.3, -0.25) is 9.10 Å². The molecule has 0 bridgehead atoms. The standard InChI is InChI=1S/C29H27ClN2O5S2/c1-20-13-15-26(37-3)28(17-20)39(34,35)32(21-14-16-25(36-2)23(30)18-21)19-29(33)31-24-11-7-8-12-27(24)38-22-9-5-4-6-10-22/h4-18H,19H2,1-3H3,(H,31,33). The Balaban J connectivity index is 1.70.